The van der Waals surface area contributed by atoms with Crippen LogP contribution >= 0.6 is 7.60 Å². The number of allylic oxidation sites excluding steroid dienone is 4. The molecule has 36 heavy (non-hydrogen) atoms. The molecule has 0 rings (SSSR count). The maximum absolute atomic E-state index is 12.6. The number of aliphatic hydroxyl groups excluding tert-OH is 2. The maximum Gasteiger partial charge on any atom is 0.384 e. The summed E-state index contributed by atoms with van der Waals surface area (Å²) >= 11 is 0. The largest absolute Gasteiger partial charge is 0.463 e. The van der Waals surface area contributed by atoms with Gasteiger partial charge in [-0.15, -0.1) is 0 Å². The van der Waals surface area contributed by atoms with Gasteiger partial charge in [-0.25, -0.2) is 0 Å². The molecular formula is C26H51NO8P+. The molecule has 3 atom stereocenters. The highest BCUT2D eigenvalue weighted by atomic mass is 31.2. The monoisotopic (exact) mass is 536 g/mol. The minimum absolute atomic E-state index is 0.0292. The Morgan fingerprint density at radius 2 is 1.44 bits per heavy atom. The van der Waals surface area contributed by atoms with E-state index in [0.717, 1.165) is 25.7 Å². The van der Waals surface area contributed by atoms with Gasteiger partial charge in [0.05, 0.1) is 27.2 Å². The van der Waals surface area contributed by atoms with Gasteiger partial charge < -0.3 is 34.0 Å². The van der Waals surface area contributed by atoms with Crippen LogP contribution in [-0.4, -0.2) is 82.7 Å². The number of hydrogen-bond acceptors (Lipinski definition) is 7. The Morgan fingerprint density at radius 1 is 0.917 bits per heavy atom. The molecule has 0 bridgehead atoms. The van der Waals surface area contributed by atoms with E-state index in [9.17, 15) is 19.4 Å². The van der Waals surface area contributed by atoms with Crippen molar-refractivity contribution in [3.8, 4) is 0 Å². The number of carbonyl (C=O) groups excluding carboxylic acids is 1. The number of ether oxygens (including phenoxy) is 1. The summed E-state index contributed by atoms with van der Waals surface area (Å²) in [5, 5.41) is 28.1. The Morgan fingerprint density at radius 3 is 1.97 bits per heavy atom. The van der Waals surface area contributed by atoms with Crippen LogP contribution in [0, 0.1) is 0 Å². The summed E-state index contributed by atoms with van der Waals surface area (Å²) in [5.74, 6) is -1.29. The van der Waals surface area contributed by atoms with Crippen molar-refractivity contribution in [3.63, 3.8) is 0 Å². The van der Waals surface area contributed by atoms with Gasteiger partial charge in [-0.3, -0.25) is 9.36 Å². The molecule has 0 aromatic heterocycles. The van der Waals surface area contributed by atoms with Crippen LogP contribution in [-0.2, 0) is 18.6 Å². The fourth-order valence-corrected chi connectivity index (χ4v) is 4.83. The first-order chi connectivity index (χ1) is 16.9. The molecule has 212 valence electrons. The number of unbranched alkanes of at least 4 members (excludes halogenated alkanes) is 6. The molecule has 0 aliphatic carbocycles. The zero-order chi connectivity index (χ0) is 27.5. The van der Waals surface area contributed by atoms with Gasteiger partial charge in [0.25, 0.3) is 0 Å². The first-order valence-corrected chi connectivity index (χ1v) is 14.9. The molecule has 0 aromatic carbocycles. The molecule has 0 aliphatic rings. The number of rotatable bonds is 22. The fraction of sp³-hybridized carbons (Fsp3) is 0.808. The average molecular weight is 537 g/mol. The third-order valence-electron chi connectivity index (χ3n) is 6.14. The Kier molecular flexibility index (Phi) is 19.4. The highest BCUT2D eigenvalue weighted by Crippen LogP contribution is 2.50. The molecular weight excluding hydrogens is 485 g/mol. The normalized spacial score (nSPS) is 16.0. The number of carbonyl (C=O) groups is 1. The van der Waals surface area contributed by atoms with Gasteiger partial charge in [0.1, 0.15) is 12.7 Å². The van der Waals surface area contributed by atoms with Gasteiger partial charge >= 0.3 is 13.6 Å². The van der Waals surface area contributed by atoms with Crippen molar-refractivity contribution in [1.29, 1.82) is 0 Å². The number of nitrogens with zero attached hydrogens (tertiary/aromatic N) is 1. The number of hydrogen-bond donors (Lipinski definition) is 4. The summed E-state index contributed by atoms with van der Waals surface area (Å²) < 4.78 is 22.7. The van der Waals surface area contributed by atoms with E-state index in [0.29, 0.717) is 6.42 Å². The van der Waals surface area contributed by atoms with E-state index in [-0.39, 0.29) is 30.5 Å². The molecule has 0 aromatic rings. The van der Waals surface area contributed by atoms with Crippen molar-refractivity contribution in [3.05, 3.63) is 24.3 Å². The highest BCUT2D eigenvalue weighted by molar-refractivity contribution is 7.53. The minimum Gasteiger partial charge on any atom is -0.463 e. The molecule has 10 heteroatoms. The van der Waals surface area contributed by atoms with Crippen molar-refractivity contribution < 1.29 is 43.3 Å². The minimum atomic E-state index is -4.11. The van der Waals surface area contributed by atoms with Gasteiger partial charge in [-0.1, -0.05) is 44.1 Å². The topological polar surface area (TPSA) is 134 Å². The van der Waals surface area contributed by atoms with Crippen molar-refractivity contribution in [2.75, 3.05) is 33.9 Å². The number of aliphatic hydroxyl groups is 3. The molecule has 0 saturated heterocycles. The lowest BCUT2D eigenvalue weighted by atomic mass is 10.1. The molecule has 0 radical (unpaired) electrons. The van der Waals surface area contributed by atoms with Crippen LogP contribution in [0.25, 0.3) is 0 Å². The van der Waals surface area contributed by atoms with Crippen molar-refractivity contribution >= 4 is 13.6 Å². The van der Waals surface area contributed by atoms with Gasteiger partial charge in [-0.2, -0.15) is 0 Å². The zero-order valence-electron chi connectivity index (χ0n) is 22.8. The van der Waals surface area contributed by atoms with E-state index in [2.05, 4.69) is 31.2 Å². The first-order valence-electron chi connectivity index (χ1n) is 13.2. The standard InChI is InChI=1S/C26H50NO8P/c1-5-6-7-8-9-10-11-12-13-14-15-16-17-18-26(31)34-21-24(28)22-35-36(32,33)23(2)27(3,4)20-19-25(29)30/h8-9,14-15,23-25,28-30H,5-7,10-13,16-22H2,1-4H3/p+1/b9-8-,15-14-/t23?,24-/m1/s1. The predicted octanol–water partition coefficient (Wildman–Crippen LogP) is 4.25. The Balaban J connectivity index is 3.99. The van der Waals surface area contributed by atoms with E-state index in [1.807, 2.05) is 0 Å². The number of esters is 1. The maximum atomic E-state index is 12.6. The summed E-state index contributed by atoms with van der Waals surface area (Å²) in [6.45, 7) is 3.21. The fourth-order valence-electron chi connectivity index (χ4n) is 3.32. The van der Waals surface area contributed by atoms with E-state index < -0.39 is 38.3 Å². The third-order valence-corrected chi connectivity index (χ3v) is 8.23. The molecule has 2 unspecified atom stereocenters. The lowest BCUT2D eigenvalue weighted by Gasteiger charge is -2.37. The summed E-state index contributed by atoms with van der Waals surface area (Å²) in [4.78, 5) is 22.1. The predicted molar refractivity (Wildman–Crippen MR) is 142 cm³/mol. The second kappa shape index (κ2) is 20.0. The SMILES string of the molecule is CCCC/C=C\CCCC/C=C\CCCC(=O)OC[C@@H](O)COP(=O)(O)C(C)[N+](C)(C)CCC(O)O. The van der Waals surface area contributed by atoms with Crippen LogP contribution in [0.5, 0.6) is 0 Å². The van der Waals surface area contributed by atoms with Gasteiger partial charge in [0.2, 0.25) is 0 Å². The highest BCUT2D eigenvalue weighted by Gasteiger charge is 2.41. The van der Waals surface area contributed by atoms with Crippen molar-refractivity contribution in [2.45, 2.75) is 103 Å². The van der Waals surface area contributed by atoms with Gasteiger partial charge in [0.15, 0.2) is 12.1 Å². The van der Waals surface area contributed by atoms with Crippen LogP contribution < -0.4 is 0 Å². The van der Waals surface area contributed by atoms with Crippen molar-refractivity contribution in [1.82, 2.24) is 0 Å². The second-order valence-corrected chi connectivity index (χ2v) is 12.0. The molecule has 0 fully saturated rings. The van der Waals surface area contributed by atoms with Crippen LogP contribution in [0.3, 0.4) is 0 Å². The molecule has 0 heterocycles. The van der Waals surface area contributed by atoms with E-state index >= 15 is 0 Å². The molecule has 9 nitrogen and oxygen atoms in total. The molecule has 0 aliphatic heterocycles. The molecule has 4 N–H and O–H groups in total. The van der Waals surface area contributed by atoms with Crippen LogP contribution in [0.1, 0.15) is 84.5 Å². The summed E-state index contributed by atoms with van der Waals surface area (Å²) in [6.07, 6.45) is 15.9. The van der Waals surface area contributed by atoms with E-state index in [1.54, 1.807) is 14.1 Å². The molecule has 0 saturated carbocycles. The zero-order valence-corrected chi connectivity index (χ0v) is 23.7. The number of quaternary nitrogens is 1. The second-order valence-electron chi connectivity index (χ2n) is 9.86. The molecule has 0 amide bonds. The quantitative estimate of drug-likeness (QED) is 0.0403. The van der Waals surface area contributed by atoms with Crippen molar-refractivity contribution in [2.24, 2.45) is 0 Å². The Hall–Kier alpha value is -1.06. The van der Waals surface area contributed by atoms with Crippen LogP contribution in [0.15, 0.2) is 24.3 Å². The van der Waals surface area contributed by atoms with Crippen LogP contribution in [0.4, 0.5) is 0 Å². The lowest BCUT2D eigenvalue weighted by molar-refractivity contribution is -0.901. The third kappa shape index (κ3) is 18.2. The summed E-state index contributed by atoms with van der Waals surface area (Å²) in [5.41, 5.74) is 0. The average Bonchev–Trinajstić information content (AvgIpc) is 2.82. The summed E-state index contributed by atoms with van der Waals surface area (Å²) in [6, 6.07) is 0. The van der Waals surface area contributed by atoms with E-state index in [1.165, 1.54) is 32.6 Å². The smallest absolute Gasteiger partial charge is 0.384 e. The summed E-state index contributed by atoms with van der Waals surface area (Å²) in [7, 11) is -0.750. The Bertz CT molecular complexity index is 681. The van der Waals surface area contributed by atoms with Crippen LogP contribution in [0.2, 0.25) is 0 Å². The Labute approximate surface area is 217 Å². The van der Waals surface area contributed by atoms with E-state index in [4.69, 9.17) is 19.5 Å². The first kappa shape index (κ1) is 34.9. The van der Waals surface area contributed by atoms with Gasteiger partial charge in [-0.05, 0) is 51.9 Å². The lowest BCUT2D eigenvalue weighted by Crippen LogP contribution is -2.48. The van der Waals surface area contributed by atoms with Gasteiger partial charge in [0, 0.05) is 12.8 Å². The molecule has 0 spiro atoms.